The summed E-state index contributed by atoms with van der Waals surface area (Å²) in [4.78, 5) is 24.8. The quantitative estimate of drug-likeness (QED) is 0.433. The summed E-state index contributed by atoms with van der Waals surface area (Å²) in [5, 5.41) is -0.418. The lowest BCUT2D eigenvalue weighted by Gasteiger charge is -2.22. The molecule has 0 saturated heterocycles. The van der Waals surface area contributed by atoms with Gasteiger partial charge in [-0.25, -0.2) is 18.4 Å². The summed E-state index contributed by atoms with van der Waals surface area (Å²) in [7, 11) is 0.190. The van der Waals surface area contributed by atoms with Crippen LogP contribution in [0.3, 0.4) is 0 Å². The minimum atomic E-state index is -3.71. The monoisotopic (exact) mass is 476 g/mol. The third-order valence-corrected chi connectivity index (χ3v) is 6.69. The molecule has 2 aromatic heterocycles. The fourth-order valence-electron chi connectivity index (χ4n) is 3.07. The number of halogens is 1. The van der Waals surface area contributed by atoms with E-state index in [2.05, 4.69) is 9.97 Å². The standard InChI is InChI=1S/C22H25ClN4O4S/c1-4-12-32(29,30)22-24-13-19(23)20(25-22)21(28)27(15-18-6-5-11-31-18)14-16-7-9-17(10-8-16)26(2)3/h5-11,13H,4,12,14-15H2,1-3H3. The van der Waals surface area contributed by atoms with Gasteiger partial charge < -0.3 is 14.2 Å². The molecule has 3 aromatic rings. The highest BCUT2D eigenvalue weighted by molar-refractivity contribution is 7.91. The highest BCUT2D eigenvalue weighted by Crippen LogP contribution is 2.21. The number of hydrogen-bond acceptors (Lipinski definition) is 7. The molecule has 0 aliphatic rings. The Balaban J connectivity index is 1.95. The predicted octanol–water partition coefficient (Wildman–Crippen LogP) is 3.82. The molecule has 1 aromatic carbocycles. The van der Waals surface area contributed by atoms with E-state index in [0.717, 1.165) is 17.4 Å². The van der Waals surface area contributed by atoms with Crippen molar-refractivity contribution in [3.63, 3.8) is 0 Å². The molecular weight excluding hydrogens is 452 g/mol. The van der Waals surface area contributed by atoms with Crippen molar-refractivity contribution in [2.24, 2.45) is 0 Å². The van der Waals surface area contributed by atoms with E-state index in [1.54, 1.807) is 19.1 Å². The van der Waals surface area contributed by atoms with Crippen molar-refractivity contribution in [1.29, 1.82) is 0 Å². The van der Waals surface area contributed by atoms with E-state index in [9.17, 15) is 13.2 Å². The average molecular weight is 477 g/mol. The van der Waals surface area contributed by atoms with Gasteiger partial charge in [0.1, 0.15) is 5.76 Å². The third kappa shape index (κ3) is 5.66. The number of carbonyl (C=O) groups is 1. The molecule has 10 heteroatoms. The van der Waals surface area contributed by atoms with Crippen molar-refractivity contribution in [2.45, 2.75) is 31.6 Å². The van der Waals surface area contributed by atoms with Crippen molar-refractivity contribution in [1.82, 2.24) is 14.9 Å². The molecule has 2 heterocycles. The normalized spacial score (nSPS) is 11.4. The van der Waals surface area contributed by atoms with Gasteiger partial charge in [0.25, 0.3) is 5.91 Å². The summed E-state index contributed by atoms with van der Waals surface area (Å²) in [6.07, 6.45) is 3.09. The molecule has 0 unspecified atom stereocenters. The van der Waals surface area contributed by atoms with Crippen LogP contribution in [0.5, 0.6) is 0 Å². The van der Waals surface area contributed by atoms with Crippen molar-refractivity contribution in [3.05, 3.63) is 70.9 Å². The summed E-state index contributed by atoms with van der Waals surface area (Å²) < 4.78 is 30.2. The van der Waals surface area contributed by atoms with Crippen LogP contribution < -0.4 is 4.90 Å². The summed E-state index contributed by atoms with van der Waals surface area (Å²) in [5.41, 5.74) is 1.76. The topological polar surface area (TPSA) is 96.6 Å². The van der Waals surface area contributed by atoms with E-state index in [1.165, 1.54) is 11.2 Å². The first kappa shape index (κ1) is 23.7. The number of amides is 1. The van der Waals surface area contributed by atoms with Gasteiger partial charge in [0.05, 0.1) is 29.8 Å². The largest absolute Gasteiger partial charge is 0.467 e. The van der Waals surface area contributed by atoms with Gasteiger partial charge in [-0.05, 0) is 36.2 Å². The first-order valence-corrected chi connectivity index (χ1v) is 12.1. The number of nitrogens with zero attached hydrogens (tertiary/aromatic N) is 4. The number of carbonyl (C=O) groups excluding carboxylic acids is 1. The molecule has 32 heavy (non-hydrogen) atoms. The van der Waals surface area contributed by atoms with Gasteiger partial charge in [-0.2, -0.15) is 0 Å². The minimum Gasteiger partial charge on any atom is -0.467 e. The fourth-order valence-corrected chi connectivity index (χ4v) is 4.41. The fraction of sp³-hybridized carbons (Fsp3) is 0.318. The van der Waals surface area contributed by atoms with E-state index >= 15 is 0 Å². The zero-order chi connectivity index (χ0) is 23.3. The minimum absolute atomic E-state index is 0.0159. The predicted molar refractivity (Wildman–Crippen MR) is 122 cm³/mol. The van der Waals surface area contributed by atoms with Gasteiger partial charge in [0, 0.05) is 26.3 Å². The number of anilines is 1. The van der Waals surface area contributed by atoms with Gasteiger partial charge in [0.2, 0.25) is 15.0 Å². The zero-order valence-electron chi connectivity index (χ0n) is 18.2. The second kappa shape index (κ2) is 10.1. The van der Waals surface area contributed by atoms with Crippen molar-refractivity contribution >= 4 is 33.0 Å². The number of aromatic nitrogens is 2. The summed E-state index contributed by atoms with van der Waals surface area (Å²) in [6.45, 7) is 2.16. The molecule has 0 saturated carbocycles. The van der Waals surface area contributed by atoms with Crippen LogP contribution >= 0.6 is 11.6 Å². The van der Waals surface area contributed by atoms with Crippen LogP contribution in [0.4, 0.5) is 5.69 Å². The van der Waals surface area contributed by atoms with Crippen molar-refractivity contribution in [2.75, 3.05) is 24.7 Å². The van der Waals surface area contributed by atoms with Crippen LogP contribution in [0.2, 0.25) is 5.02 Å². The third-order valence-electron chi connectivity index (χ3n) is 4.72. The van der Waals surface area contributed by atoms with Crippen molar-refractivity contribution in [3.8, 4) is 0 Å². The summed E-state index contributed by atoms with van der Waals surface area (Å²) >= 11 is 6.21. The molecule has 8 nitrogen and oxygen atoms in total. The average Bonchev–Trinajstić information content (AvgIpc) is 3.26. The number of rotatable bonds is 9. The van der Waals surface area contributed by atoms with Crippen LogP contribution in [-0.4, -0.2) is 49.0 Å². The maximum Gasteiger partial charge on any atom is 0.274 e. The van der Waals surface area contributed by atoms with E-state index in [0.29, 0.717) is 12.2 Å². The van der Waals surface area contributed by atoms with Crippen LogP contribution in [0.15, 0.2) is 58.4 Å². The smallest absolute Gasteiger partial charge is 0.274 e. The van der Waals surface area contributed by atoms with Crippen molar-refractivity contribution < 1.29 is 17.6 Å². The molecule has 3 rings (SSSR count). The van der Waals surface area contributed by atoms with E-state index < -0.39 is 20.9 Å². The Morgan fingerprint density at radius 1 is 1.12 bits per heavy atom. The molecule has 0 atom stereocenters. The second-order valence-corrected chi connectivity index (χ2v) is 9.88. The van der Waals surface area contributed by atoms with Crippen LogP contribution in [-0.2, 0) is 22.9 Å². The van der Waals surface area contributed by atoms with Gasteiger partial charge in [-0.15, -0.1) is 0 Å². The lowest BCUT2D eigenvalue weighted by atomic mass is 10.1. The van der Waals surface area contributed by atoms with Crippen LogP contribution in [0.25, 0.3) is 0 Å². The molecule has 0 N–H and O–H groups in total. The molecule has 0 spiro atoms. The zero-order valence-corrected chi connectivity index (χ0v) is 19.7. The molecular formula is C22H25ClN4O4S. The van der Waals surface area contributed by atoms with Gasteiger partial charge in [0.15, 0.2) is 5.69 Å². The first-order valence-electron chi connectivity index (χ1n) is 10.0. The van der Waals surface area contributed by atoms with E-state index in [4.69, 9.17) is 16.0 Å². The first-order chi connectivity index (χ1) is 15.2. The SMILES string of the molecule is CCCS(=O)(=O)c1ncc(Cl)c(C(=O)N(Cc2ccc(N(C)C)cc2)Cc2ccco2)n1. The number of sulfone groups is 1. The Labute approximate surface area is 192 Å². The summed E-state index contributed by atoms with van der Waals surface area (Å²) in [6, 6.07) is 11.3. The molecule has 0 aliphatic carbocycles. The molecule has 0 aliphatic heterocycles. The second-order valence-electron chi connectivity index (χ2n) is 7.47. The molecule has 0 fully saturated rings. The maximum atomic E-state index is 13.4. The number of furan rings is 1. The van der Waals surface area contributed by atoms with Crippen LogP contribution in [0.1, 0.15) is 35.2 Å². The Morgan fingerprint density at radius 2 is 1.84 bits per heavy atom. The van der Waals surface area contributed by atoms with Crippen LogP contribution in [0, 0.1) is 0 Å². The Bertz CT molecular complexity index is 1160. The lowest BCUT2D eigenvalue weighted by Crippen LogP contribution is -2.31. The molecule has 1 amide bonds. The molecule has 0 bridgehead atoms. The highest BCUT2D eigenvalue weighted by Gasteiger charge is 2.26. The Hall–Kier alpha value is -2.91. The number of hydrogen-bond donors (Lipinski definition) is 0. The van der Waals surface area contributed by atoms with Gasteiger partial charge in [-0.3, -0.25) is 4.79 Å². The number of benzene rings is 1. The highest BCUT2D eigenvalue weighted by atomic mass is 35.5. The maximum absolute atomic E-state index is 13.4. The van der Waals surface area contributed by atoms with Gasteiger partial charge in [-0.1, -0.05) is 30.7 Å². The van der Waals surface area contributed by atoms with E-state index in [-0.39, 0.29) is 29.6 Å². The summed E-state index contributed by atoms with van der Waals surface area (Å²) in [5.74, 6) is -0.0537. The Morgan fingerprint density at radius 3 is 2.44 bits per heavy atom. The Kier molecular flexibility index (Phi) is 7.52. The lowest BCUT2D eigenvalue weighted by molar-refractivity contribution is 0.0710. The van der Waals surface area contributed by atoms with Gasteiger partial charge >= 0.3 is 0 Å². The van der Waals surface area contributed by atoms with E-state index in [1.807, 2.05) is 43.3 Å². The molecule has 0 radical (unpaired) electrons. The molecule has 170 valence electrons.